The highest BCUT2D eigenvalue weighted by atomic mass is 35.5. The minimum Gasteiger partial charge on any atom is -0.454 e. The number of carbonyl (C=O) groups excluding carboxylic acids is 2. The highest BCUT2D eigenvalue weighted by Gasteiger charge is 2.30. The van der Waals surface area contributed by atoms with Gasteiger partial charge in [-0.05, 0) is 128 Å². The van der Waals surface area contributed by atoms with Gasteiger partial charge in [-0.1, -0.05) is 52.7 Å². The summed E-state index contributed by atoms with van der Waals surface area (Å²) in [5.41, 5.74) is 6.30. The van der Waals surface area contributed by atoms with Crippen molar-refractivity contribution in [3.8, 4) is 11.5 Å². The number of hydrogen-bond acceptors (Lipinski definition) is 22. The van der Waals surface area contributed by atoms with E-state index in [1.54, 1.807) is 124 Å². The Hall–Kier alpha value is -8.73. The number of ether oxygens (including phenoxy) is 2. The summed E-state index contributed by atoms with van der Waals surface area (Å²) in [5.74, 6) is 1.08. The zero-order chi connectivity index (χ0) is 67.8. The molecule has 0 saturated carbocycles. The first kappa shape index (κ1) is 68.2. The van der Waals surface area contributed by atoms with Gasteiger partial charge < -0.3 is 38.5 Å². The summed E-state index contributed by atoms with van der Waals surface area (Å²) in [6.45, 7) is 11.1. The second-order valence-corrected chi connectivity index (χ2v) is 30.8. The molecule has 97 heavy (non-hydrogen) atoms. The van der Waals surface area contributed by atoms with Gasteiger partial charge in [0.15, 0.2) is 16.6 Å². The van der Waals surface area contributed by atoms with Gasteiger partial charge in [0.25, 0.3) is 36.0 Å². The zero-order valence-corrected chi connectivity index (χ0v) is 58.0. The summed E-state index contributed by atoms with van der Waals surface area (Å²) in [4.78, 5) is 46.6. The molecule has 14 rings (SSSR count). The third kappa shape index (κ3) is 16.5. The van der Waals surface area contributed by atoms with Gasteiger partial charge >= 0.3 is 0 Å². The Balaban J connectivity index is 0.000000159. The third-order valence-corrected chi connectivity index (χ3v) is 23.2. The number of halogens is 3. The number of amides is 2. The molecule has 3 fully saturated rings. The molecular weight excluding hydrogens is 1410 g/mol. The molecule has 4 aliphatic rings. The second kappa shape index (κ2) is 29.9. The number of rotatable bonds is 17. The van der Waals surface area contributed by atoms with E-state index in [1.807, 2.05) is 36.4 Å². The van der Waals surface area contributed by atoms with E-state index in [1.165, 1.54) is 34.8 Å². The Bertz CT molecular complexity index is 4730. The lowest BCUT2D eigenvalue weighted by molar-refractivity contribution is -0.134. The molecule has 0 radical (unpaired) electrons. The average molecular weight is 1480 g/mol. The number of thiazole rings is 1. The van der Waals surface area contributed by atoms with Crippen molar-refractivity contribution in [3.63, 3.8) is 0 Å². The van der Waals surface area contributed by atoms with E-state index >= 15 is 0 Å². The number of nitrogens with zero attached hydrogens (tertiary/aromatic N) is 12. The maximum atomic E-state index is 14.4. The lowest BCUT2D eigenvalue weighted by Gasteiger charge is -2.37. The molecule has 3 N–H and O–H groups in total. The first-order valence-electron chi connectivity index (χ1n) is 30.2. The highest BCUT2D eigenvalue weighted by Crippen LogP contribution is 2.34. The number of piperazine rings is 3. The summed E-state index contributed by atoms with van der Waals surface area (Å²) >= 11 is 15.4. The fraction of sp³-hybridized carbons (Fsp3) is 0.254. The molecule has 2 amide bonds. The molecule has 6 aromatic carbocycles. The van der Waals surface area contributed by atoms with Crippen LogP contribution in [0.4, 0.5) is 36.8 Å². The largest absolute Gasteiger partial charge is 0.454 e. The number of carbonyl (C=O) groups is 2. The third-order valence-electron chi connectivity index (χ3n) is 16.4. The second-order valence-electron chi connectivity index (χ2n) is 22.4. The van der Waals surface area contributed by atoms with Crippen molar-refractivity contribution >= 4 is 143 Å². The van der Waals surface area contributed by atoms with E-state index in [9.17, 15) is 39.2 Å². The van der Waals surface area contributed by atoms with Gasteiger partial charge in [-0.15, -0.1) is 21.5 Å². The molecule has 3 saturated heterocycles. The Morgan fingerprint density at radius 2 is 1.19 bits per heavy atom. The fourth-order valence-corrected chi connectivity index (χ4v) is 16.9. The molecule has 8 heterocycles. The van der Waals surface area contributed by atoms with E-state index < -0.39 is 36.1 Å². The molecule has 1 atom stereocenters. The zero-order valence-electron chi connectivity index (χ0n) is 51.6. The number of fused-ring (bicyclic) bond motifs is 2. The van der Waals surface area contributed by atoms with Gasteiger partial charge in [0, 0.05) is 145 Å². The van der Waals surface area contributed by atoms with Crippen molar-refractivity contribution < 1.29 is 51.6 Å². The van der Waals surface area contributed by atoms with Crippen molar-refractivity contribution in [2.24, 2.45) is 0 Å². The minimum atomic E-state index is -3.74. The maximum Gasteiger partial charge on any atom is 0.263 e. The van der Waals surface area contributed by atoms with E-state index in [0.29, 0.717) is 85.4 Å². The van der Waals surface area contributed by atoms with Crippen LogP contribution in [0.3, 0.4) is 0 Å². The number of anilines is 6. The molecule has 10 aromatic rings. The lowest BCUT2D eigenvalue weighted by Crippen LogP contribution is -2.50. The lowest BCUT2D eigenvalue weighted by atomic mass is 10.1. The van der Waals surface area contributed by atoms with Crippen LogP contribution in [0, 0.1) is 5.82 Å². The van der Waals surface area contributed by atoms with Crippen LogP contribution >= 0.6 is 57.4 Å². The number of nitrogens with one attached hydrogen (secondary N) is 3. The summed E-state index contributed by atoms with van der Waals surface area (Å²) in [7, 11) is -11.1. The van der Waals surface area contributed by atoms with E-state index in [-0.39, 0.29) is 45.4 Å². The predicted molar refractivity (Wildman–Crippen MR) is 378 cm³/mol. The van der Waals surface area contributed by atoms with Crippen molar-refractivity contribution in [2.75, 3.05) is 114 Å². The van der Waals surface area contributed by atoms with Crippen molar-refractivity contribution in [1.82, 2.24) is 43.8 Å². The molecule has 4 aromatic heterocycles. The number of aromatic nitrogens is 6. The quantitative estimate of drug-likeness (QED) is 0.0764. The van der Waals surface area contributed by atoms with Gasteiger partial charge in [-0.3, -0.25) is 28.7 Å². The first-order valence-corrected chi connectivity index (χ1v) is 37.9. The Labute approximate surface area is 583 Å². The van der Waals surface area contributed by atoms with E-state index in [4.69, 9.17) is 32.7 Å². The van der Waals surface area contributed by atoms with Gasteiger partial charge in [0.1, 0.15) is 23.7 Å². The Kier molecular flexibility index (Phi) is 21.1. The molecule has 34 heteroatoms. The molecule has 0 unspecified atom stereocenters. The Morgan fingerprint density at radius 1 is 0.619 bits per heavy atom. The topological polar surface area (TPSA) is 280 Å². The smallest absolute Gasteiger partial charge is 0.263 e. The van der Waals surface area contributed by atoms with Crippen LogP contribution < -0.4 is 38.3 Å². The Morgan fingerprint density at radius 3 is 1.73 bits per heavy atom. The predicted octanol–water partition coefficient (Wildman–Crippen LogP) is 10.4. The van der Waals surface area contributed by atoms with Crippen LogP contribution in [0.25, 0.3) is 10.9 Å². The first-order chi connectivity index (χ1) is 46.7. The number of para-hydroxylation sites is 1. The summed E-state index contributed by atoms with van der Waals surface area (Å²) in [6, 6.07) is 37.3. The maximum absolute atomic E-state index is 14.4. The van der Waals surface area contributed by atoms with Crippen LogP contribution in [-0.4, -0.2) is 166 Å². The summed E-state index contributed by atoms with van der Waals surface area (Å²) in [6.07, 6.45) is 4.61. The van der Waals surface area contributed by atoms with Crippen LogP contribution in [0.1, 0.15) is 31.7 Å². The molecule has 4 aliphatic heterocycles. The number of sulfonamides is 3. The van der Waals surface area contributed by atoms with E-state index in [2.05, 4.69) is 64.4 Å². The van der Waals surface area contributed by atoms with Crippen molar-refractivity contribution in [2.45, 2.75) is 34.2 Å². The number of hydrogen-bond donors (Lipinski definition) is 3. The van der Waals surface area contributed by atoms with Crippen LogP contribution in [0.2, 0.25) is 10.0 Å². The monoisotopic (exact) mass is 1470 g/mol. The van der Waals surface area contributed by atoms with Crippen LogP contribution in [0.15, 0.2) is 178 Å². The van der Waals surface area contributed by atoms with Gasteiger partial charge in [-0.25, -0.2) is 39.6 Å². The van der Waals surface area contributed by atoms with Gasteiger partial charge in [-0.2, -0.15) is 4.37 Å². The van der Waals surface area contributed by atoms with E-state index in [0.717, 1.165) is 89.5 Å². The molecular formula is C63H66Cl2FN15O10S6. The molecule has 0 aliphatic carbocycles. The average Bonchev–Trinajstić information content (AvgIpc) is 1.79. The molecule has 25 nitrogen and oxygen atoms in total. The van der Waals surface area contributed by atoms with Crippen molar-refractivity contribution in [1.29, 1.82) is 0 Å². The highest BCUT2D eigenvalue weighted by molar-refractivity contribution is 7.93. The standard InChI is InChI=1S/C23H23FN6O3S2.C21H22N4O4S2.C19H17Cl2N5O3S2.2H2/c1-16(30-10-9-17-3-2-4-20(24)21(17)30)22(31)29-13-11-28(12-14-29)18-5-7-19(8-6-18)35(32,33)27-23-26-25-15-34-23;26-31(27,23-21-22-7-12-30-21)18-4-2-17(3-5-18)25-10-8-24(9-11-25)14-16-1-6-19-20(13-16)29-15-28-19;20-13-1-6-16(17(21)11-13)18(27)26-9-7-25(8-10-26)14-2-4-15(5-3-14)31(28,29)24-19-22-12-23-30-19;;/h2-10,15-16H,11-14H2,1H3,(H,26,27);1-7,12-13H,8-11,14-15H2,(H,22,23);1-6,11-12H,7-10H2,(H,22,23,24);2*1H/t16-;;;;/m1..../s1. The molecule has 0 bridgehead atoms. The minimum absolute atomic E-state index is 0. The molecule has 510 valence electrons. The van der Waals surface area contributed by atoms with Gasteiger partial charge in [0.05, 0.1) is 30.8 Å². The summed E-state index contributed by atoms with van der Waals surface area (Å²) < 4.78 is 113. The SMILES string of the molecule is C[C@H](C(=O)N1CCN(c2ccc(S(=O)(=O)Nc3nncs3)cc2)CC1)n1ccc2cccc(F)c21.O=C(c1ccc(Cl)cc1Cl)N1CCN(c2ccc(S(=O)(=O)Nc3ncns3)cc2)CC1.O=S(=O)(Nc1nccs1)c1ccc(N2CCN(Cc3ccc4c(c3)OCO4)CC2)cc1.[HH].[HH]. The van der Waals surface area contributed by atoms with Crippen LogP contribution in [-0.2, 0) is 41.4 Å². The van der Waals surface area contributed by atoms with Crippen LogP contribution in [0.5, 0.6) is 11.5 Å². The van der Waals surface area contributed by atoms with Gasteiger partial charge in [0.2, 0.25) is 23.0 Å². The number of benzene rings is 6. The summed E-state index contributed by atoms with van der Waals surface area (Å²) in [5, 5.41) is 11.4. The molecule has 0 spiro atoms. The fourth-order valence-electron chi connectivity index (χ4n) is 11.3. The normalized spacial score (nSPS) is 15.4. The van der Waals surface area contributed by atoms with Crippen molar-refractivity contribution in [3.05, 3.63) is 190 Å².